The number of hydrogen-bond donors (Lipinski definition) is 0. The van der Waals surface area contributed by atoms with Crippen molar-refractivity contribution in [1.29, 1.82) is 0 Å². The third-order valence-corrected chi connectivity index (χ3v) is 2.69. The number of halogens is 1. The normalized spacial score (nSPS) is 16.2. The fourth-order valence-electron chi connectivity index (χ4n) is 1.50. The molecule has 1 aromatic rings. The molecule has 2 amide bonds. The van der Waals surface area contributed by atoms with Crippen LogP contribution in [0.25, 0.3) is 0 Å². The highest BCUT2D eigenvalue weighted by Crippen LogP contribution is 2.15. The lowest BCUT2D eigenvalue weighted by molar-refractivity contribution is -0.139. The van der Waals surface area contributed by atoms with Crippen molar-refractivity contribution in [2.75, 3.05) is 0 Å². The lowest BCUT2D eigenvalue weighted by Crippen LogP contribution is -2.28. The molecule has 0 bridgehead atoms. The maximum Gasteiger partial charge on any atom is 0.230 e. The van der Waals surface area contributed by atoms with E-state index in [1.807, 2.05) is 6.07 Å². The van der Waals surface area contributed by atoms with Crippen LogP contribution in [0.1, 0.15) is 18.5 Å². The Hall–Kier alpha value is -1.23. The van der Waals surface area contributed by atoms with Gasteiger partial charge in [-0.05, 0) is 28.1 Å². The number of carbonyl (C=O) groups is 2. The lowest BCUT2D eigenvalue weighted by atomic mass is 10.3. The van der Waals surface area contributed by atoms with E-state index < -0.39 is 0 Å². The Morgan fingerprint density at radius 2 is 1.93 bits per heavy atom. The molecule has 1 aliphatic heterocycles. The fraction of sp³-hybridized carbons (Fsp3) is 0.300. The van der Waals surface area contributed by atoms with Crippen molar-refractivity contribution in [3.63, 3.8) is 0 Å². The zero-order valence-electron chi connectivity index (χ0n) is 7.94. The first-order valence-electron chi connectivity index (χ1n) is 4.61. The van der Waals surface area contributed by atoms with Gasteiger partial charge in [-0.2, -0.15) is 0 Å². The molecule has 0 radical (unpaired) electrons. The molecule has 0 atom stereocenters. The highest BCUT2D eigenvalue weighted by atomic mass is 79.9. The average Bonchev–Trinajstić information content (AvgIpc) is 2.50. The van der Waals surface area contributed by atoms with Crippen LogP contribution in [-0.4, -0.2) is 21.7 Å². The SMILES string of the molecule is O=C1CCC(=O)N1Cc1cccc(Br)n1. The summed E-state index contributed by atoms with van der Waals surface area (Å²) in [6.07, 6.45) is 0.652. The maximum absolute atomic E-state index is 11.3. The number of carbonyl (C=O) groups excluding carboxylic acids is 2. The van der Waals surface area contributed by atoms with Gasteiger partial charge in [0.15, 0.2) is 0 Å². The maximum atomic E-state index is 11.3. The molecule has 1 saturated heterocycles. The van der Waals surface area contributed by atoms with Crippen LogP contribution in [0.15, 0.2) is 22.8 Å². The number of rotatable bonds is 2. The van der Waals surface area contributed by atoms with Gasteiger partial charge in [0.1, 0.15) is 4.60 Å². The summed E-state index contributed by atoms with van der Waals surface area (Å²) in [6.45, 7) is 0.275. The van der Waals surface area contributed by atoms with Gasteiger partial charge in [-0.15, -0.1) is 0 Å². The summed E-state index contributed by atoms with van der Waals surface area (Å²) in [4.78, 5) is 28.1. The van der Waals surface area contributed by atoms with Crippen molar-refractivity contribution >= 4 is 27.7 Å². The quantitative estimate of drug-likeness (QED) is 0.603. The average molecular weight is 269 g/mol. The van der Waals surface area contributed by atoms with Gasteiger partial charge >= 0.3 is 0 Å². The fourth-order valence-corrected chi connectivity index (χ4v) is 1.88. The third kappa shape index (κ3) is 2.23. The van der Waals surface area contributed by atoms with E-state index in [1.54, 1.807) is 12.1 Å². The minimum Gasteiger partial charge on any atom is -0.277 e. The van der Waals surface area contributed by atoms with E-state index in [0.29, 0.717) is 23.1 Å². The van der Waals surface area contributed by atoms with Crippen LogP contribution in [0.5, 0.6) is 0 Å². The topological polar surface area (TPSA) is 50.3 Å². The van der Waals surface area contributed by atoms with Crippen LogP contribution in [0.4, 0.5) is 0 Å². The second-order valence-corrected chi connectivity index (χ2v) is 4.14. The number of likely N-dealkylation sites (tertiary alicyclic amines) is 1. The van der Waals surface area contributed by atoms with Crippen LogP contribution in [0, 0.1) is 0 Å². The Kier molecular flexibility index (Phi) is 2.81. The van der Waals surface area contributed by atoms with Gasteiger partial charge in [0.25, 0.3) is 0 Å². The number of amides is 2. The van der Waals surface area contributed by atoms with Crippen LogP contribution in [0.2, 0.25) is 0 Å². The molecule has 0 saturated carbocycles. The third-order valence-electron chi connectivity index (χ3n) is 2.25. The molecule has 78 valence electrons. The predicted molar refractivity (Wildman–Crippen MR) is 56.7 cm³/mol. The van der Waals surface area contributed by atoms with Crippen LogP contribution >= 0.6 is 15.9 Å². The molecule has 1 aromatic heterocycles. The van der Waals surface area contributed by atoms with Crippen molar-refractivity contribution < 1.29 is 9.59 Å². The number of aromatic nitrogens is 1. The van der Waals surface area contributed by atoms with E-state index in [1.165, 1.54) is 4.90 Å². The van der Waals surface area contributed by atoms with Gasteiger partial charge in [-0.3, -0.25) is 14.5 Å². The summed E-state index contributed by atoms with van der Waals surface area (Å²) >= 11 is 3.24. The molecular weight excluding hydrogens is 260 g/mol. The molecule has 1 fully saturated rings. The molecule has 0 N–H and O–H groups in total. The first kappa shape index (κ1) is 10.3. The van der Waals surface area contributed by atoms with E-state index in [-0.39, 0.29) is 18.4 Å². The number of pyridine rings is 1. The van der Waals surface area contributed by atoms with Crippen LogP contribution in [0.3, 0.4) is 0 Å². The monoisotopic (exact) mass is 268 g/mol. The summed E-state index contributed by atoms with van der Waals surface area (Å²) in [6, 6.07) is 5.43. The molecule has 0 aromatic carbocycles. The van der Waals surface area contributed by atoms with Gasteiger partial charge < -0.3 is 0 Å². The second-order valence-electron chi connectivity index (χ2n) is 3.33. The Morgan fingerprint density at radius 1 is 1.27 bits per heavy atom. The van der Waals surface area contributed by atoms with Gasteiger partial charge in [-0.1, -0.05) is 6.07 Å². The molecule has 15 heavy (non-hydrogen) atoms. The molecular formula is C10H9BrN2O2. The summed E-state index contributed by atoms with van der Waals surface area (Å²) in [7, 11) is 0. The molecule has 0 unspecified atom stereocenters. The van der Waals surface area contributed by atoms with Crippen molar-refractivity contribution in [3.05, 3.63) is 28.5 Å². The molecule has 1 aliphatic rings. The molecule has 4 nitrogen and oxygen atoms in total. The van der Waals surface area contributed by atoms with Gasteiger partial charge in [0.05, 0.1) is 12.2 Å². The standard InChI is InChI=1S/C10H9BrN2O2/c11-8-3-1-2-7(12-8)6-13-9(14)4-5-10(13)15/h1-3H,4-6H2. The van der Waals surface area contributed by atoms with Crippen molar-refractivity contribution in [2.45, 2.75) is 19.4 Å². The first-order valence-corrected chi connectivity index (χ1v) is 5.41. The van der Waals surface area contributed by atoms with E-state index in [9.17, 15) is 9.59 Å². The molecule has 0 spiro atoms. The summed E-state index contributed by atoms with van der Waals surface area (Å²) < 4.78 is 0.707. The highest BCUT2D eigenvalue weighted by molar-refractivity contribution is 9.10. The van der Waals surface area contributed by atoms with Crippen molar-refractivity contribution in [1.82, 2.24) is 9.88 Å². The van der Waals surface area contributed by atoms with Crippen molar-refractivity contribution in [3.8, 4) is 0 Å². The Bertz CT molecular complexity index is 404. The minimum atomic E-state index is -0.109. The van der Waals surface area contributed by atoms with E-state index in [4.69, 9.17) is 0 Å². The first-order chi connectivity index (χ1) is 7.16. The minimum absolute atomic E-state index is 0.109. The zero-order chi connectivity index (χ0) is 10.8. The lowest BCUT2D eigenvalue weighted by Gasteiger charge is -2.12. The highest BCUT2D eigenvalue weighted by Gasteiger charge is 2.28. The number of nitrogens with zero attached hydrogens (tertiary/aromatic N) is 2. The number of hydrogen-bond acceptors (Lipinski definition) is 3. The Labute approximate surface area is 95.4 Å². The Morgan fingerprint density at radius 3 is 2.53 bits per heavy atom. The largest absolute Gasteiger partial charge is 0.277 e. The van der Waals surface area contributed by atoms with Crippen LogP contribution in [-0.2, 0) is 16.1 Å². The van der Waals surface area contributed by atoms with Crippen LogP contribution < -0.4 is 0 Å². The van der Waals surface area contributed by atoms with E-state index in [0.717, 1.165) is 0 Å². The van der Waals surface area contributed by atoms with Crippen molar-refractivity contribution in [2.24, 2.45) is 0 Å². The summed E-state index contributed by atoms with van der Waals surface area (Å²) in [5.41, 5.74) is 0.716. The molecule has 2 rings (SSSR count). The zero-order valence-corrected chi connectivity index (χ0v) is 9.53. The Balaban J connectivity index is 2.15. The van der Waals surface area contributed by atoms with Gasteiger partial charge in [0.2, 0.25) is 11.8 Å². The predicted octanol–water partition coefficient (Wildman–Crippen LogP) is 1.49. The van der Waals surface area contributed by atoms with E-state index >= 15 is 0 Å². The molecule has 0 aliphatic carbocycles. The van der Waals surface area contributed by atoms with Gasteiger partial charge in [0, 0.05) is 12.8 Å². The smallest absolute Gasteiger partial charge is 0.230 e. The molecule has 5 heteroatoms. The molecule has 2 heterocycles. The summed E-state index contributed by atoms with van der Waals surface area (Å²) in [5, 5.41) is 0. The summed E-state index contributed by atoms with van der Waals surface area (Å²) in [5.74, 6) is -0.219. The van der Waals surface area contributed by atoms with E-state index in [2.05, 4.69) is 20.9 Å². The van der Waals surface area contributed by atoms with Gasteiger partial charge in [-0.25, -0.2) is 4.98 Å². The second kappa shape index (κ2) is 4.10. The number of imide groups is 1.